The Kier molecular flexibility index (Phi) is 5.35. The van der Waals surface area contributed by atoms with Crippen LogP contribution in [0.3, 0.4) is 0 Å². The topological polar surface area (TPSA) is 52.1 Å². The summed E-state index contributed by atoms with van der Waals surface area (Å²) >= 11 is 0. The molecule has 0 fully saturated rings. The van der Waals surface area contributed by atoms with Gasteiger partial charge < -0.3 is 14.2 Å². The third-order valence-corrected chi connectivity index (χ3v) is 3.06. The van der Waals surface area contributed by atoms with Crippen LogP contribution in [0.15, 0.2) is 35.4 Å². The maximum Gasteiger partial charge on any atom is 0.164 e. The molecule has 7 heteroatoms. The fourth-order valence-electron chi connectivity index (χ4n) is 1.91. The highest BCUT2D eigenvalue weighted by atomic mass is 19.1. The molecule has 0 aliphatic rings. The van der Waals surface area contributed by atoms with Crippen LogP contribution in [0.1, 0.15) is 5.56 Å². The molecule has 0 aliphatic heterocycles. The summed E-state index contributed by atoms with van der Waals surface area (Å²) in [4.78, 5) is 0. The molecule has 0 saturated heterocycles. The highest BCUT2D eigenvalue weighted by Gasteiger charge is 2.10. The Bertz CT molecular complexity index is 721. The van der Waals surface area contributed by atoms with Gasteiger partial charge in [-0.05, 0) is 18.2 Å². The number of nitrogens with one attached hydrogen (secondary N) is 1. The Morgan fingerprint density at radius 3 is 2.17 bits per heavy atom. The Labute approximate surface area is 132 Å². The molecule has 0 saturated carbocycles. The molecule has 5 nitrogen and oxygen atoms in total. The number of ether oxygens (including phenoxy) is 3. The van der Waals surface area contributed by atoms with E-state index >= 15 is 0 Å². The minimum atomic E-state index is -0.735. The van der Waals surface area contributed by atoms with Gasteiger partial charge in [-0.3, -0.25) is 5.43 Å². The van der Waals surface area contributed by atoms with E-state index in [1.165, 1.54) is 33.6 Å². The van der Waals surface area contributed by atoms with E-state index in [-0.39, 0.29) is 5.69 Å². The predicted molar refractivity (Wildman–Crippen MR) is 83.7 cm³/mol. The minimum absolute atomic E-state index is 0.0575. The number of benzene rings is 2. The Morgan fingerprint density at radius 2 is 1.57 bits per heavy atom. The quantitative estimate of drug-likeness (QED) is 0.654. The molecule has 0 amide bonds. The summed E-state index contributed by atoms with van der Waals surface area (Å²) in [5.74, 6) is 0.134. The first-order valence-corrected chi connectivity index (χ1v) is 6.63. The van der Waals surface area contributed by atoms with Gasteiger partial charge in [0.2, 0.25) is 0 Å². The molecule has 2 rings (SSSR count). The van der Waals surface area contributed by atoms with Crippen molar-refractivity contribution in [1.29, 1.82) is 0 Å². The zero-order valence-corrected chi connectivity index (χ0v) is 12.9. The fraction of sp³-hybridized carbons (Fsp3) is 0.188. The first kappa shape index (κ1) is 16.5. The van der Waals surface area contributed by atoms with Crippen LogP contribution >= 0.6 is 0 Å². The highest BCUT2D eigenvalue weighted by molar-refractivity contribution is 5.85. The van der Waals surface area contributed by atoms with Crippen LogP contribution in [0, 0.1) is 11.6 Å². The van der Waals surface area contributed by atoms with Crippen molar-refractivity contribution in [2.24, 2.45) is 5.10 Å². The largest absolute Gasteiger partial charge is 0.496 e. The zero-order valence-electron chi connectivity index (χ0n) is 12.9. The number of hydrogen-bond donors (Lipinski definition) is 1. The second-order valence-corrected chi connectivity index (χ2v) is 4.44. The molecular weight excluding hydrogens is 306 g/mol. The monoisotopic (exact) mass is 322 g/mol. The average Bonchev–Trinajstić information content (AvgIpc) is 2.56. The molecule has 2 aromatic rings. The van der Waals surface area contributed by atoms with Crippen molar-refractivity contribution >= 4 is 11.9 Å². The van der Waals surface area contributed by atoms with E-state index in [2.05, 4.69) is 10.5 Å². The summed E-state index contributed by atoms with van der Waals surface area (Å²) in [5.41, 5.74) is 3.16. The molecular formula is C16H16F2N2O3. The Hall–Kier alpha value is -2.83. The molecule has 1 N–H and O–H groups in total. The van der Waals surface area contributed by atoms with Crippen molar-refractivity contribution in [3.63, 3.8) is 0 Å². The van der Waals surface area contributed by atoms with Gasteiger partial charge in [0.25, 0.3) is 0 Å². The summed E-state index contributed by atoms with van der Waals surface area (Å²) in [5, 5.41) is 3.93. The fourth-order valence-corrected chi connectivity index (χ4v) is 1.91. The molecule has 0 bridgehead atoms. The number of hydrogen-bond acceptors (Lipinski definition) is 5. The van der Waals surface area contributed by atoms with Crippen LogP contribution in [0.25, 0.3) is 0 Å². The van der Waals surface area contributed by atoms with Crippen LogP contribution < -0.4 is 19.6 Å². The summed E-state index contributed by atoms with van der Waals surface area (Å²) in [6.45, 7) is 0. The standard InChI is InChI=1S/C16H16F2N2O3/c1-21-14-8-16(23-3)15(22-2)6-10(14)9-19-20-13-5-4-11(17)7-12(13)18/h4-9,20H,1-3H3/b19-9-. The van der Waals surface area contributed by atoms with Gasteiger partial charge in [-0.1, -0.05) is 0 Å². The maximum absolute atomic E-state index is 13.5. The molecule has 0 heterocycles. The molecule has 0 unspecified atom stereocenters. The molecule has 0 radical (unpaired) electrons. The van der Waals surface area contributed by atoms with Crippen molar-refractivity contribution in [1.82, 2.24) is 0 Å². The van der Waals surface area contributed by atoms with Gasteiger partial charge in [-0.25, -0.2) is 8.78 Å². The molecule has 0 spiro atoms. The molecule has 2 aromatic carbocycles. The lowest BCUT2D eigenvalue weighted by Gasteiger charge is -2.11. The van der Waals surface area contributed by atoms with Gasteiger partial charge in [-0.2, -0.15) is 5.10 Å². The van der Waals surface area contributed by atoms with Gasteiger partial charge in [0, 0.05) is 17.7 Å². The van der Waals surface area contributed by atoms with Gasteiger partial charge >= 0.3 is 0 Å². The first-order valence-electron chi connectivity index (χ1n) is 6.63. The summed E-state index contributed by atoms with van der Waals surface area (Å²) in [7, 11) is 4.53. The van der Waals surface area contributed by atoms with Crippen LogP contribution in [0.4, 0.5) is 14.5 Å². The molecule has 23 heavy (non-hydrogen) atoms. The zero-order chi connectivity index (χ0) is 16.8. The third kappa shape index (κ3) is 3.88. The van der Waals surface area contributed by atoms with Crippen molar-refractivity contribution < 1.29 is 23.0 Å². The molecule has 0 aliphatic carbocycles. The second-order valence-electron chi connectivity index (χ2n) is 4.44. The van der Waals surface area contributed by atoms with E-state index in [0.29, 0.717) is 22.8 Å². The number of rotatable bonds is 6. The number of hydrazone groups is 1. The van der Waals surface area contributed by atoms with Gasteiger partial charge in [0.15, 0.2) is 17.3 Å². The SMILES string of the molecule is COc1cc(OC)c(OC)cc1/C=N\Nc1ccc(F)cc1F. The minimum Gasteiger partial charge on any atom is -0.496 e. The van der Waals surface area contributed by atoms with Crippen LogP contribution in [-0.4, -0.2) is 27.5 Å². The van der Waals surface area contributed by atoms with Crippen LogP contribution in [0.2, 0.25) is 0 Å². The van der Waals surface area contributed by atoms with E-state index in [9.17, 15) is 8.78 Å². The predicted octanol–water partition coefficient (Wildman–Crippen LogP) is 3.44. The number of nitrogens with zero attached hydrogens (tertiary/aromatic N) is 1. The van der Waals surface area contributed by atoms with Gasteiger partial charge in [0.1, 0.15) is 11.6 Å². The first-order chi connectivity index (χ1) is 11.1. The summed E-state index contributed by atoms with van der Waals surface area (Å²) in [6.07, 6.45) is 1.43. The lowest BCUT2D eigenvalue weighted by atomic mass is 10.2. The van der Waals surface area contributed by atoms with E-state index < -0.39 is 11.6 Å². The number of methoxy groups -OCH3 is 3. The van der Waals surface area contributed by atoms with Crippen molar-refractivity contribution in [3.8, 4) is 17.2 Å². The average molecular weight is 322 g/mol. The van der Waals surface area contributed by atoms with Crippen LogP contribution in [-0.2, 0) is 0 Å². The number of anilines is 1. The smallest absolute Gasteiger partial charge is 0.164 e. The number of halogens is 2. The Morgan fingerprint density at radius 1 is 0.913 bits per heavy atom. The van der Waals surface area contributed by atoms with E-state index in [0.717, 1.165) is 12.1 Å². The van der Waals surface area contributed by atoms with Gasteiger partial charge in [-0.15, -0.1) is 0 Å². The normalized spacial score (nSPS) is 10.7. The van der Waals surface area contributed by atoms with Crippen molar-refractivity contribution in [2.75, 3.05) is 26.8 Å². The van der Waals surface area contributed by atoms with Crippen LogP contribution in [0.5, 0.6) is 17.2 Å². The van der Waals surface area contributed by atoms with E-state index in [4.69, 9.17) is 14.2 Å². The van der Waals surface area contributed by atoms with Gasteiger partial charge in [0.05, 0.1) is 33.2 Å². The third-order valence-electron chi connectivity index (χ3n) is 3.06. The highest BCUT2D eigenvalue weighted by Crippen LogP contribution is 2.33. The second kappa shape index (κ2) is 7.44. The lowest BCUT2D eigenvalue weighted by molar-refractivity contribution is 0.349. The summed E-state index contributed by atoms with van der Waals surface area (Å²) < 4.78 is 42.0. The maximum atomic E-state index is 13.5. The summed E-state index contributed by atoms with van der Waals surface area (Å²) in [6, 6.07) is 6.49. The Balaban J connectivity index is 2.24. The van der Waals surface area contributed by atoms with E-state index in [1.54, 1.807) is 12.1 Å². The van der Waals surface area contributed by atoms with E-state index in [1.807, 2.05) is 0 Å². The van der Waals surface area contributed by atoms with Crippen molar-refractivity contribution in [3.05, 3.63) is 47.5 Å². The molecule has 122 valence electrons. The lowest BCUT2D eigenvalue weighted by Crippen LogP contribution is -1.98. The molecule has 0 atom stereocenters. The molecule has 0 aromatic heterocycles. The van der Waals surface area contributed by atoms with Crippen molar-refractivity contribution in [2.45, 2.75) is 0 Å².